The summed E-state index contributed by atoms with van der Waals surface area (Å²) in [5.74, 6) is 1.77. The number of piperidine rings is 1. The van der Waals surface area contributed by atoms with Crippen LogP contribution in [0, 0.1) is 0 Å². The highest BCUT2D eigenvalue weighted by Gasteiger charge is 2.22. The summed E-state index contributed by atoms with van der Waals surface area (Å²) in [6, 6.07) is 10.0. The van der Waals surface area contributed by atoms with Gasteiger partial charge in [-0.25, -0.2) is 0 Å². The van der Waals surface area contributed by atoms with Gasteiger partial charge in [-0.3, -0.25) is 9.79 Å². The monoisotopic (exact) mass is 361 g/mol. The molecule has 0 radical (unpaired) electrons. The molecule has 26 heavy (non-hydrogen) atoms. The number of hydrogen-bond donors (Lipinski definition) is 1. The fraction of sp³-hybridized carbons (Fsp3) is 0.600. The molecule has 0 atom stereocenters. The van der Waals surface area contributed by atoms with Crippen LogP contribution in [-0.2, 0) is 9.53 Å². The van der Waals surface area contributed by atoms with Crippen molar-refractivity contribution in [1.82, 2.24) is 10.2 Å². The van der Waals surface area contributed by atoms with Crippen LogP contribution in [0.15, 0.2) is 35.3 Å². The number of unbranched alkanes of at least 4 members (excludes halogenated alkanes) is 2. The van der Waals surface area contributed by atoms with Gasteiger partial charge < -0.3 is 19.7 Å². The Hall–Kier alpha value is -2.24. The van der Waals surface area contributed by atoms with E-state index in [0.29, 0.717) is 6.42 Å². The summed E-state index contributed by atoms with van der Waals surface area (Å²) in [6.07, 6.45) is 5.65. The number of guanidine groups is 1. The van der Waals surface area contributed by atoms with Crippen LogP contribution in [0.1, 0.15) is 38.5 Å². The average molecular weight is 361 g/mol. The van der Waals surface area contributed by atoms with Crippen LogP contribution in [0.4, 0.5) is 0 Å². The van der Waals surface area contributed by atoms with Gasteiger partial charge in [0.05, 0.1) is 7.11 Å². The van der Waals surface area contributed by atoms with Gasteiger partial charge in [0.2, 0.25) is 0 Å². The number of hydrogen-bond acceptors (Lipinski definition) is 4. The van der Waals surface area contributed by atoms with Crippen molar-refractivity contribution in [3.63, 3.8) is 0 Å². The summed E-state index contributed by atoms with van der Waals surface area (Å²) < 4.78 is 10.7. The van der Waals surface area contributed by atoms with Crippen LogP contribution >= 0.6 is 0 Å². The molecular weight excluding hydrogens is 330 g/mol. The van der Waals surface area contributed by atoms with Crippen LogP contribution in [0.3, 0.4) is 0 Å². The number of para-hydroxylation sites is 1. The summed E-state index contributed by atoms with van der Waals surface area (Å²) in [5, 5.41) is 3.42. The van der Waals surface area contributed by atoms with Crippen molar-refractivity contribution >= 4 is 11.9 Å². The van der Waals surface area contributed by atoms with Gasteiger partial charge >= 0.3 is 5.97 Å². The summed E-state index contributed by atoms with van der Waals surface area (Å²) in [5.41, 5.74) is 0. The lowest BCUT2D eigenvalue weighted by molar-refractivity contribution is -0.140. The molecule has 1 aliphatic heterocycles. The lowest BCUT2D eigenvalue weighted by atomic mass is 10.1. The fourth-order valence-electron chi connectivity index (χ4n) is 3.08. The first-order chi connectivity index (χ1) is 12.7. The van der Waals surface area contributed by atoms with Gasteiger partial charge in [-0.15, -0.1) is 0 Å². The van der Waals surface area contributed by atoms with Crippen molar-refractivity contribution in [3.8, 4) is 5.75 Å². The maximum atomic E-state index is 11.1. The smallest absolute Gasteiger partial charge is 0.305 e. The molecule has 1 saturated heterocycles. The van der Waals surface area contributed by atoms with E-state index in [4.69, 9.17) is 4.74 Å². The van der Waals surface area contributed by atoms with E-state index < -0.39 is 0 Å². The zero-order valence-corrected chi connectivity index (χ0v) is 15.9. The molecule has 6 heteroatoms. The standard InChI is InChI=1S/C20H31N3O3/c1-21-20(22-14-8-4-7-11-19(24)25-2)23-15-12-18(13-16-23)26-17-9-5-3-6-10-17/h3,5-6,9-10,18H,4,7-8,11-16H2,1-2H3,(H,21,22). The number of aliphatic imine (C=N–C) groups is 1. The third-order valence-corrected chi connectivity index (χ3v) is 4.57. The maximum absolute atomic E-state index is 11.1. The second-order valence-corrected chi connectivity index (χ2v) is 6.48. The molecule has 2 rings (SSSR count). The third kappa shape index (κ3) is 6.94. The van der Waals surface area contributed by atoms with Gasteiger partial charge in [-0.05, 0) is 25.0 Å². The Morgan fingerprint density at radius 3 is 2.58 bits per heavy atom. The Balaban J connectivity index is 1.62. The summed E-state index contributed by atoms with van der Waals surface area (Å²) in [6.45, 7) is 2.76. The first kappa shape index (κ1) is 20.1. The van der Waals surface area contributed by atoms with Crippen molar-refractivity contribution in [2.24, 2.45) is 4.99 Å². The molecule has 1 aromatic carbocycles. The summed E-state index contributed by atoms with van der Waals surface area (Å²) >= 11 is 0. The zero-order valence-electron chi connectivity index (χ0n) is 15.9. The predicted molar refractivity (Wildman–Crippen MR) is 104 cm³/mol. The minimum atomic E-state index is -0.130. The minimum absolute atomic E-state index is 0.130. The lowest BCUT2D eigenvalue weighted by Crippen LogP contribution is -2.47. The first-order valence-corrected chi connectivity index (χ1v) is 9.47. The van der Waals surface area contributed by atoms with Gasteiger partial charge in [0, 0.05) is 45.9 Å². The molecule has 0 unspecified atom stereocenters. The molecule has 1 heterocycles. The van der Waals surface area contributed by atoms with Crippen molar-refractivity contribution in [2.75, 3.05) is 33.8 Å². The van der Waals surface area contributed by atoms with Crippen LogP contribution in [0.25, 0.3) is 0 Å². The van der Waals surface area contributed by atoms with Crippen molar-refractivity contribution in [1.29, 1.82) is 0 Å². The molecule has 1 aromatic rings. The number of esters is 1. The molecular formula is C20H31N3O3. The average Bonchev–Trinajstić information content (AvgIpc) is 2.69. The third-order valence-electron chi connectivity index (χ3n) is 4.57. The van der Waals surface area contributed by atoms with Crippen LogP contribution < -0.4 is 10.1 Å². The highest BCUT2D eigenvalue weighted by molar-refractivity contribution is 5.79. The van der Waals surface area contributed by atoms with E-state index in [0.717, 1.165) is 63.4 Å². The lowest BCUT2D eigenvalue weighted by Gasteiger charge is -2.34. The Morgan fingerprint density at radius 1 is 1.19 bits per heavy atom. The fourth-order valence-corrected chi connectivity index (χ4v) is 3.08. The molecule has 6 nitrogen and oxygen atoms in total. The van der Waals surface area contributed by atoms with Crippen molar-refractivity contribution in [3.05, 3.63) is 30.3 Å². The van der Waals surface area contributed by atoms with E-state index in [1.807, 2.05) is 37.4 Å². The van der Waals surface area contributed by atoms with Gasteiger partial charge in [-0.2, -0.15) is 0 Å². The summed E-state index contributed by atoms with van der Waals surface area (Å²) in [7, 11) is 3.26. The molecule has 0 aliphatic carbocycles. The molecule has 1 fully saturated rings. The molecule has 0 spiro atoms. The Kier molecular flexibility index (Phi) is 8.79. The zero-order chi connectivity index (χ0) is 18.6. The normalized spacial score (nSPS) is 15.6. The number of benzene rings is 1. The summed E-state index contributed by atoms with van der Waals surface area (Å²) in [4.78, 5) is 17.8. The number of nitrogens with one attached hydrogen (secondary N) is 1. The Morgan fingerprint density at radius 2 is 1.92 bits per heavy atom. The number of methoxy groups -OCH3 is 1. The van der Waals surface area contributed by atoms with Gasteiger partial charge in [0.1, 0.15) is 11.9 Å². The van der Waals surface area contributed by atoms with E-state index in [-0.39, 0.29) is 12.1 Å². The highest BCUT2D eigenvalue weighted by atomic mass is 16.5. The number of rotatable bonds is 8. The second kappa shape index (κ2) is 11.4. The Labute approximate surface area is 156 Å². The number of likely N-dealkylation sites (tertiary alicyclic amines) is 1. The SMILES string of the molecule is CN=C(NCCCCCC(=O)OC)N1CCC(Oc2ccccc2)CC1. The van der Waals surface area contributed by atoms with E-state index >= 15 is 0 Å². The number of carbonyl (C=O) groups excluding carboxylic acids is 1. The molecule has 0 aromatic heterocycles. The Bertz CT molecular complexity index is 555. The van der Waals surface area contributed by atoms with Crippen LogP contribution in [0.5, 0.6) is 5.75 Å². The van der Waals surface area contributed by atoms with Crippen molar-refractivity contribution in [2.45, 2.75) is 44.6 Å². The first-order valence-electron chi connectivity index (χ1n) is 9.47. The van der Waals surface area contributed by atoms with Crippen LogP contribution in [-0.4, -0.2) is 56.7 Å². The van der Waals surface area contributed by atoms with E-state index in [2.05, 4.69) is 19.9 Å². The minimum Gasteiger partial charge on any atom is -0.490 e. The quantitative estimate of drug-likeness (QED) is 0.334. The van der Waals surface area contributed by atoms with Gasteiger partial charge in [0.25, 0.3) is 0 Å². The second-order valence-electron chi connectivity index (χ2n) is 6.48. The number of nitrogens with zero attached hydrogens (tertiary/aromatic N) is 2. The topological polar surface area (TPSA) is 63.2 Å². The largest absolute Gasteiger partial charge is 0.490 e. The van der Waals surface area contributed by atoms with E-state index in [9.17, 15) is 4.79 Å². The molecule has 0 bridgehead atoms. The van der Waals surface area contributed by atoms with Gasteiger partial charge in [0.15, 0.2) is 5.96 Å². The highest BCUT2D eigenvalue weighted by Crippen LogP contribution is 2.18. The number of carbonyl (C=O) groups is 1. The van der Waals surface area contributed by atoms with Crippen LogP contribution in [0.2, 0.25) is 0 Å². The van der Waals surface area contributed by atoms with Gasteiger partial charge in [-0.1, -0.05) is 24.6 Å². The molecule has 1 N–H and O–H groups in total. The van der Waals surface area contributed by atoms with E-state index in [1.54, 1.807) is 0 Å². The molecule has 0 saturated carbocycles. The molecule has 1 aliphatic rings. The molecule has 144 valence electrons. The maximum Gasteiger partial charge on any atom is 0.305 e. The number of ether oxygens (including phenoxy) is 2. The van der Waals surface area contributed by atoms with E-state index in [1.165, 1.54) is 7.11 Å². The molecule has 0 amide bonds. The van der Waals surface area contributed by atoms with Crippen molar-refractivity contribution < 1.29 is 14.3 Å². The predicted octanol–water partition coefficient (Wildman–Crippen LogP) is 2.84.